The van der Waals surface area contributed by atoms with E-state index in [9.17, 15) is 14.4 Å². The molecule has 25 heavy (non-hydrogen) atoms. The predicted molar refractivity (Wildman–Crippen MR) is 91.2 cm³/mol. The number of thioether (sulfide) groups is 1. The Morgan fingerprint density at radius 2 is 2.04 bits per heavy atom. The fraction of sp³-hybridized carbons (Fsp3) is 0.250. The molecule has 1 aromatic heterocycles. The number of aromatic nitrogens is 2. The first-order valence-corrected chi connectivity index (χ1v) is 8.52. The average molecular weight is 359 g/mol. The van der Waals surface area contributed by atoms with Crippen molar-refractivity contribution in [3.05, 3.63) is 48.3 Å². The van der Waals surface area contributed by atoms with Crippen molar-refractivity contribution in [3.8, 4) is 0 Å². The second kappa shape index (κ2) is 6.60. The van der Waals surface area contributed by atoms with Gasteiger partial charge < -0.3 is 9.88 Å². The lowest BCUT2D eigenvalue weighted by molar-refractivity contribution is -0.138. The number of hydrogen-bond acceptors (Lipinski definition) is 5. The summed E-state index contributed by atoms with van der Waals surface area (Å²) in [6.07, 6.45) is 3.39. The molecule has 0 aliphatic carbocycles. The molecule has 4 amide bonds. The average Bonchev–Trinajstić information content (AvgIpc) is 3.11. The highest BCUT2D eigenvalue weighted by molar-refractivity contribution is 7.99. The maximum atomic E-state index is 12.7. The number of urea groups is 1. The van der Waals surface area contributed by atoms with E-state index in [1.165, 1.54) is 11.8 Å². The first kappa shape index (κ1) is 17.0. The topological polar surface area (TPSA) is 96.3 Å². The quantitative estimate of drug-likeness (QED) is 0.614. The van der Waals surface area contributed by atoms with Gasteiger partial charge in [0.2, 0.25) is 5.91 Å². The van der Waals surface area contributed by atoms with Crippen LogP contribution in [0.1, 0.15) is 12.5 Å². The Labute approximate surface area is 148 Å². The molecule has 1 unspecified atom stereocenters. The maximum Gasteiger partial charge on any atom is 0.344 e. The SMILES string of the molecule is Cn1ccnc1SCC(=O)NN1C(=O)NC(C)(c2ccccc2)C1=O. The third-order valence-electron chi connectivity index (χ3n) is 3.89. The summed E-state index contributed by atoms with van der Waals surface area (Å²) < 4.78 is 1.78. The summed E-state index contributed by atoms with van der Waals surface area (Å²) in [5, 5.41) is 4.03. The smallest absolute Gasteiger partial charge is 0.329 e. The van der Waals surface area contributed by atoms with Crippen LogP contribution in [0.2, 0.25) is 0 Å². The van der Waals surface area contributed by atoms with Crippen molar-refractivity contribution in [1.82, 2.24) is 25.3 Å². The van der Waals surface area contributed by atoms with Crippen LogP contribution in [-0.4, -0.2) is 38.2 Å². The van der Waals surface area contributed by atoms with Crippen molar-refractivity contribution in [2.45, 2.75) is 17.6 Å². The first-order chi connectivity index (χ1) is 11.9. The van der Waals surface area contributed by atoms with E-state index in [0.29, 0.717) is 10.7 Å². The number of hydrogen-bond donors (Lipinski definition) is 2. The van der Waals surface area contributed by atoms with E-state index >= 15 is 0 Å². The van der Waals surface area contributed by atoms with Crippen molar-refractivity contribution in [1.29, 1.82) is 0 Å². The number of carbonyl (C=O) groups is 3. The number of benzene rings is 1. The zero-order valence-electron chi connectivity index (χ0n) is 13.7. The summed E-state index contributed by atoms with van der Waals surface area (Å²) in [5.74, 6) is -0.961. The molecule has 1 aliphatic heterocycles. The molecular formula is C16H17N5O3S. The van der Waals surface area contributed by atoms with Crippen molar-refractivity contribution >= 4 is 29.6 Å². The molecule has 1 fully saturated rings. The molecule has 1 saturated heterocycles. The first-order valence-electron chi connectivity index (χ1n) is 7.53. The highest BCUT2D eigenvalue weighted by Crippen LogP contribution is 2.27. The summed E-state index contributed by atoms with van der Waals surface area (Å²) in [5.41, 5.74) is 1.80. The molecule has 9 heteroatoms. The Hall–Kier alpha value is -2.81. The lowest BCUT2D eigenvalue weighted by Crippen LogP contribution is -2.48. The van der Waals surface area contributed by atoms with Crippen LogP contribution in [-0.2, 0) is 22.2 Å². The molecule has 0 radical (unpaired) electrons. The van der Waals surface area contributed by atoms with E-state index in [1.54, 1.807) is 48.1 Å². The number of imide groups is 1. The Balaban J connectivity index is 1.67. The van der Waals surface area contributed by atoms with Crippen LogP contribution in [0, 0.1) is 0 Å². The Bertz CT molecular complexity index is 822. The van der Waals surface area contributed by atoms with Crippen LogP contribution in [0.4, 0.5) is 4.79 Å². The lowest BCUT2D eigenvalue weighted by atomic mass is 9.92. The second-order valence-electron chi connectivity index (χ2n) is 5.71. The number of aryl methyl sites for hydroxylation is 1. The van der Waals surface area contributed by atoms with E-state index in [-0.39, 0.29) is 5.75 Å². The Kier molecular flexibility index (Phi) is 4.49. The van der Waals surface area contributed by atoms with Gasteiger partial charge in [0.1, 0.15) is 5.54 Å². The lowest BCUT2D eigenvalue weighted by Gasteiger charge is -2.22. The monoisotopic (exact) mass is 359 g/mol. The van der Waals surface area contributed by atoms with E-state index in [2.05, 4.69) is 15.7 Å². The van der Waals surface area contributed by atoms with Gasteiger partial charge in [-0.1, -0.05) is 42.1 Å². The van der Waals surface area contributed by atoms with Crippen molar-refractivity contribution in [3.63, 3.8) is 0 Å². The van der Waals surface area contributed by atoms with Crippen LogP contribution in [0.25, 0.3) is 0 Å². The molecule has 1 aromatic carbocycles. The number of nitrogens with zero attached hydrogens (tertiary/aromatic N) is 3. The van der Waals surface area contributed by atoms with Crippen LogP contribution in [0.3, 0.4) is 0 Å². The molecule has 0 spiro atoms. The molecule has 2 heterocycles. The number of nitrogens with one attached hydrogen (secondary N) is 2. The number of carbonyl (C=O) groups excluding carboxylic acids is 3. The highest BCUT2D eigenvalue weighted by atomic mass is 32.2. The third-order valence-corrected chi connectivity index (χ3v) is 4.95. The minimum absolute atomic E-state index is 0.0317. The van der Waals surface area contributed by atoms with Gasteiger partial charge in [-0.3, -0.25) is 15.0 Å². The Morgan fingerprint density at radius 1 is 1.32 bits per heavy atom. The second-order valence-corrected chi connectivity index (χ2v) is 6.65. The predicted octanol–water partition coefficient (Wildman–Crippen LogP) is 1.01. The number of hydrazine groups is 1. The van der Waals surface area contributed by atoms with Gasteiger partial charge in [0.05, 0.1) is 5.75 Å². The molecule has 2 N–H and O–H groups in total. The van der Waals surface area contributed by atoms with Crippen LogP contribution in [0.5, 0.6) is 0 Å². The molecule has 0 bridgehead atoms. The van der Waals surface area contributed by atoms with Crippen LogP contribution >= 0.6 is 11.8 Å². The van der Waals surface area contributed by atoms with Gasteiger partial charge in [-0.15, -0.1) is 0 Å². The minimum atomic E-state index is -1.21. The van der Waals surface area contributed by atoms with E-state index in [0.717, 1.165) is 5.01 Å². The zero-order valence-corrected chi connectivity index (χ0v) is 14.5. The highest BCUT2D eigenvalue weighted by Gasteiger charge is 2.49. The van der Waals surface area contributed by atoms with Gasteiger partial charge in [0, 0.05) is 19.4 Å². The van der Waals surface area contributed by atoms with Gasteiger partial charge in [-0.25, -0.2) is 9.78 Å². The fourth-order valence-electron chi connectivity index (χ4n) is 2.49. The van der Waals surface area contributed by atoms with Gasteiger partial charge in [-0.05, 0) is 12.5 Å². The van der Waals surface area contributed by atoms with Crippen molar-refractivity contribution < 1.29 is 14.4 Å². The van der Waals surface area contributed by atoms with E-state index in [4.69, 9.17) is 0 Å². The number of imidazole rings is 1. The minimum Gasteiger partial charge on any atom is -0.329 e. The molecule has 3 rings (SSSR count). The van der Waals surface area contributed by atoms with Crippen molar-refractivity contribution in [2.75, 3.05) is 5.75 Å². The normalized spacial score (nSPS) is 19.8. The Morgan fingerprint density at radius 3 is 2.68 bits per heavy atom. The standard InChI is InChI=1S/C16H17N5O3S/c1-16(11-6-4-3-5-7-11)13(23)21(14(24)18-16)19-12(22)10-25-15-17-8-9-20(15)2/h3-9H,10H2,1-2H3,(H,18,24)(H,19,22). The molecule has 2 aromatic rings. The molecule has 8 nitrogen and oxygen atoms in total. The number of amides is 4. The summed E-state index contributed by atoms with van der Waals surface area (Å²) in [7, 11) is 1.82. The van der Waals surface area contributed by atoms with Crippen LogP contribution < -0.4 is 10.7 Å². The zero-order chi connectivity index (χ0) is 18.0. The van der Waals surface area contributed by atoms with E-state index in [1.807, 2.05) is 13.1 Å². The van der Waals surface area contributed by atoms with Gasteiger partial charge in [0.15, 0.2) is 5.16 Å². The molecule has 0 saturated carbocycles. The fourth-order valence-corrected chi connectivity index (χ4v) is 3.21. The van der Waals surface area contributed by atoms with E-state index < -0.39 is 23.4 Å². The largest absolute Gasteiger partial charge is 0.344 e. The molecule has 130 valence electrons. The van der Waals surface area contributed by atoms with Crippen molar-refractivity contribution in [2.24, 2.45) is 7.05 Å². The van der Waals surface area contributed by atoms with Gasteiger partial charge in [-0.2, -0.15) is 5.01 Å². The summed E-state index contributed by atoms with van der Waals surface area (Å²) >= 11 is 1.21. The third kappa shape index (κ3) is 3.22. The summed E-state index contributed by atoms with van der Waals surface area (Å²) in [4.78, 5) is 41.0. The maximum absolute atomic E-state index is 12.7. The molecule has 1 aliphatic rings. The molecule has 1 atom stereocenters. The summed E-state index contributed by atoms with van der Waals surface area (Å²) in [6, 6.07) is 8.23. The van der Waals surface area contributed by atoms with Gasteiger partial charge >= 0.3 is 6.03 Å². The van der Waals surface area contributed by atoms with Crippen LogP contribution in [0.15, 0.2) is 47.9 Å². The van der Waals surface area contributed by atoms with Gasteiger partial charge in [0.25, 0.3) is 5.91 Å². The molecular weight excluding hydrogens is 342 g/mol. The number of rotatable bonds is 5. The summed E-state index contributed by atoms with van der Waals surface area (Å²) in [6.45, 7) is 1.61.